The molecule has 0 N–H and O–H groups in total. The predicted molar refractivity (Wildman–Crippen MR) is 116 cm³/mol. The van der Waals surface area contributed by atoms with Crippen LogP contribution in [0.4, 0.5) is 0 Å². The van der Waals surface area contributed by atoms with Crippen LogP contribution in [0.3, 0.4) is 0 Å². The third-order valence-electron chi connectivity index (χ3n) is 6.34. The second kappa shape index (κ2) is 10.5. The maximum Gasteiger partial charge on any atom is 0.254 e. The van der Waals surface area contributed by atoms with Crippen molar-refractivity contribution in [2.24, 2.45) is 5.92 Å². The van der Waals surface area contributed by atoms with Crippen LogP contribution in [0.5, 0.6) is 5.75 Å². The molecule has 4 rings (SSSR count). The molecule has 0 bridgehead atoms. The first kappa shape index (κ1) is 21.4. The van der Waals surface area contributed by atoms with Crippen molar-refractivity contribution in [3.63, 3.8) is 0 Å². The molecule has 2 aromatic rings. The van der Waals surface area contributed by atoms with Crippen LogP contribution in [0.2, 0.25) is 0 Å². The van der Waals surface area contributed by atoms with E-state index in [1.807, 2.05) is 24.3 Å². The van der Waals surface area contributed by atoms with Gasteiger partial charge in [0.25, 0.3) is 5.91 Å². The Morgan fingerprint density at radius 3 is 2.55 bits per heavy atom. The van der Waals surface area contributed by atoms with Crippen molar-refractivity contribution in [2.45, 2.75) is 44.9 Å². The molecule has 1 saturated heterocycles. The minimum atomic E-state index is -0.0127. The molecule has 31 heavy (non-hydrogen) atoms. The zero-order valence-electron chi connectivity index (χ0n) is 18.0. The second-order valence-corrected chi connectivity index (χ2v) is 8.51. The minimum absolute atomic E-state index is 0.00867. The van der Waals surface area contributed by atoms with E-state index >= 15 is 0 Å². The van der Waals surface area contributed by atoms with Crippen molar-refractivity contribution in [1.29, 1.82) is 0 Å². The van der Waals surface area contributed by atoms with Gasteiger partial charge in [0.1, 0.15) is 12.0 Å². The van der Waals surface area contributed by atoms with Crippen LogP contribution >= 0.6 is 0 Å². The molecule has 1 aromatic heterocycles. The van der Waals surface area contributed by atoms with Gasteiger partial charge >= 0.3 is 0 Å². The number of hydrogen-bond acceptors (Lipinski definition) is 5. The van der Waals surface area contributed by atoms with E-state index < -0.39 is 0 Å². The van der Waals surface area contributed by atoms with Crippen LogP contribution in [0.1, 0.15) is 54.6 Å². The topological polar surface area (TPSA) is 75.9 Å². The van der Waals surface area contributed by atoms with Crippen LogP contribution in [0.25, 0.3) is 0 Å². The molecular formula is C24H31N3O4. The van der Waals surface area contributed by atoms with Crippen molar-refractivity contribution < 1.29 is 18.8 Å². The van der Waals surface area contributed by atoms with Gasteiger partial charge in [-0.25, -0.2) is 0 Å². The highest BCUT2D eigenvalue weighted by atomic mass is 16.5. The van der Waals surface area contributed by atoms with Gasteiger partial charge < -0.3 is 19.1 Å². The average Bonchev–Trinajstić information content (AvgIpc) is 3.33. The molecule has 0 atom stereocenters. The lowest BCUT2D eigenvalue weighted by Crippen LogP contribution is -2.51. The third kappa shape index (κ3) is 5.87. The average molecular weight is 426 g/mol. The highest BCUT2D eigenvalue weighted by Gasteiger charge is 2.25. The van der Waals surface area contributed by atoms with Gasteiger partial charge in [-0.3, -0.25) is 9.59 Å². The molecule has 2 heterocycles. The summed E-state index contributed by atoms with van der Waals surface area (Å²) in [6.07, 6.45) is 9.46. The Labute approximate surface area is 183 Å². The maximum atomic E-state index is 13.0. The fraction of sp³-hybridized carbons (Fsp3) is 0.542. The van der Waals surface area contributed by atoms with Crippen LogP contribution < -0.4 is 4.74 Å². The first-order valence-electron chi connectivity index (χ1n) is 11.4. The standard InChI is InChI=1S/C24H31N3O4/c28-23(18-21-10-16-31-25-21)26-11-13-27(14-12-26)24(29)20-7-4-8-22(17-20)30-15-9-19-5-2-1-3-6-19/h4,7-8,10,16-17,19H,1-3,5-6,9,11-15,18H2. The monoisotopic (exact) mass is 425 g/mol. The summed E-state index contributed by atoms with van der Waals surface area (Å²) in [6.45, 7) is 2.81. The zero-order valence-corrected chi connectivity index (χ0v) is 18.0. The lowest BCUT2D eigenvalue weighted by molar-refractivity contribution is -0.132. The molecular weight excluding hydrogens is 394 g/mol. The summed E-state index contributed by atoms with van der Waals surface area (Å²) in [6, 6.07) is 9.16. The van der Waals surface area contributed by atoms with E-state index in [9.17, 15) is 9.59 Å². The quantitative estimate of drug-likeness (QED) is 0.678. The van der Waals surface area contributed by atoms with Gasteiger partial charge in [-0.1, -0.05) is 43.3 Å². The van der Waals surface area contributed by atoms with Gasteiger partial charge in [0.15, 0.2) is 0 Å². The number of aromatic nitrogens is 1. The molecule has 2 aliphatic rings. The van der Waals surface area contributed by atoms with E-state index in [1.165, 1.54) is 38.4 Å². The summed E-state index contributed by atoms with van der Waals surface area (Å²) in [5.74, 6) is 1.53. The lowest BCUT2D eigenvalue weighted by Gasteiger charge is -2.34. The van der Waals surface area contributed by atoms with E-state index in [4.69, 9.17) is 9.26 Å². The molecule has 166 valence electrons. The van der Waals surface area contributed by atoms with Crippen LogP contribution in [-0.2, 0) is 11.2 Å². The predicted octanol–water partition coefficient (Wildman–Crippen LogP) is 3.55. The first-order valence-corrected chi connectivity index (χ1v) is 11.4. The number of nitrogens with zero attached hydrogens (tertiary/aromatic N) is 3. The van der Waals surface area contributed by atoms with Gasteiger partial charge in [-0.05, 0) is 30.5 Å². The molecule has 7 heteroatoms. The molecule has 0 unspecified atom stereocenters. The van der Waals surface area contributed by atoms with Crippen molar-refractivity contribution in [3.05, 3.63) is 47.9 Å². The van der Waals surface area contributed by atoms with E-state index in [1.54, 1.807) is 15.9 Å². The summed E-state index contributed by atoms with van der Waals surface area (Å²) < 4.78 is 10.7. The Morgan fingerprint density at radius 1 is 1.03 bits per heavy atom. The molecule has 1 saturated carbocycles. The van der Waals surface area contributed by atoms with E-state index in [0.717, 1.165) is 18.1 Å². The van der Waals surface area contributed by atoms with E-state index in [-0.39, 0.29) is 18.2 Å². The number of carbonyl (C=O) groups excluding carboxylic acids is 2. The minimum Gasteiger partial charge on any atom is -0.494 e. The summed E-state index contributed by atoms with van der Waals surface area (Å²) in [5.41, 5.74) is 1.27. The van der Waals surface area contributed by atoms with Crippen molar-refractivity contribution in [3.8, 4) is 5.75 Å². The number of rotatable bonds is 7. The molecule has 1 aromatic carbocycles. The van der Waals surface area contributed by atoms with Crippen molar-refractivity contribution in [1.82, 2.24) is 15.0 Å². The SMILES string of the molecule is O=C(Cc1ccon1)N1CCN(C(=O)c2cccc(OCCC3CCCCC3)c2)CC1. The van der Waals surface area contributed by atoms with E-state index in [2.05, 4.69) is 5.16 Å². The summed E-state index contributed by atoms with van der Waals surface area (Å²) in [7, 11) is 0. The molecule has 2 fully saturated rings. The largest absolute Gasteiger partial charge is 0.494 e. The number of benzene rings is 1. The fourth-order valence-corrected chi connectivity index (χ4v) is 4.48. The summed E-state index contributed by atoms with van der Waals surface area (Å²) >= 11 is 0. The molecule has 0 spiro atoms. The van der Waals surface area contributed by atoms with Gasteiger partial charge in [-0.15, -0.1) is 0 Å². The highest BCUT2D eigenvalue weighted by Crippen LogP contribution is 2.26. The maximum absolute atomic E-state index is 13.0. The molecule has 0 radical (unpaired) electrons. The Hall–Kier alpha value is -2.83. The Morgan fingerprint density at radius 2 is 1.81 bits per heavy atom. The van der Waals surface area contributed by atoms with Gasteiger partial charge in [0, 0.05) is 37.8 Å². The highest BCUT2D eigenvalue weighted by molar-refractivity contribution is 5.94. The van der Waals surface area contributed by atoms with Crippen LogP contribution in [0.15, 0.2) is 41.1 Å². The van der Waals surface area contributed by atoms with Gasteiger partial charge in [-0.2, -0.15) is 0 Å². The van der Waals surface area contributed by atoms with E-state index in [0.29, 0.717) is 44.0 Å². The smallest absolute Gasteiger partial charge is 0.254 e. The lowest BCUT2D eigenvalue weighted by atomic mass is 9.87. The number of piperazine rings is 1. The molecule has 7 nitrogen and oxygen atoms in total. The molecule has 2 amide bonds. The number of ether oxygens (including phenoxy) is 1. The summed E-state index contributed by atoms with van der Waals surface area (Å²) in [4.78, 5) is 28.9. The van der Waals surface area contributed by atoms with Crippen molar-refractivity contribution in [2.75, 3.05) is 32.8 Å². The third-order valence-corrected chi connectivity index (χ3v) is 6.34. The first-order chi connectivity index (χ1) is 15.2. The number of hydrogen-bond donors (Lipinski definition) is 0. The molecule has 1 aliphatic heterocycles. The fourth-order valence-electron chi connectivity index (χ4n) is 4.48. The molecule has 1 aliphatic carbocycles. The Balaban J connectivity index is 1.24. The number of carbonyl (C=O) groups is 2. The normalized spacial score (nSPS) is 17.5. The van der Waals surface area contributed by atoms with Gasteiger partial charge in [0.05, 0.1) is 18.7 Å². The zero-order chi connectivity index (χ0) is 21.5. The van der Waals surface area contributed by atoms with Crippen LogP contribution in [-0.4, -0.2) is 59.6 Å². The second-order valence-electron chi connectivity index (χ2n) is 8.51. The van der Waals surface area contributed by atoms with Crippen LogP contribution in [0, 0.1) is 5.92 Å². The number of amides is 2. The van der Waals surface area contributed by atoms with Gasteiger partial charge in [0.2, 0.25) is 5.91 Å². The van der Waals surface area contributed by atoms with Crippen molar-refractivity contribution >= 4 is 11.8 Å². The Kier molecular flexibility index (Phi) is 7.22. The Bertz CT molecular complexity index is 853. The summed E-state index contributed by atoms with van der Waals surface area (Å²) in [5, 5.41) is 3.79.